The number of hydrogen-bond acceptors (Lipinski definition) is 4. The first-order valence-electron chi connectivity index (χ1n) is 8.16. The van der Waals surface area contributed by atoms with Crippen LogP contribution in [0.4, 0.5) is 15.9 Å². The highest BCUT2D eigenvalue weighted by Gasteiger charge is 2.10. The van der Waals surface area contributed by atoms with Gasteiger partial charge >= 0.3 is 0 Å². The van der Waals surface area contributed by atoms with Crippen molar-refractivity contribution < 1.29 is 4.39 Å². The highest BCUT2D eigenvalue weighted by atomic mass is 19.1. The number of rotatable bonds is 4. The molecule has 126 valence electrons. The number of halogens is 1. The van der Waals surface area contributed by atoms with Crippen LogP contribution < -0.4 is 5.32 Å². The van der Waals surface area contributed by atoms with Crippen molar-refractivity contribution in [1.29, 1.82) is 0 Å². The first kappa shape index (κ1) is 15.9. The van der Waals surface area contributed by atoms with E-state index in [2.05, 4.69) is 20.3 Å². The number of hydrogen-bond donors (Lipinski definition) is 1. The Balaban J connectivity index is 1.80. The Kier molecular flexibility index (Phi) is 4.35. The summed E-state index contributed by atoms with van der Waals surface area (Å²) in [5.41, 5.74) is 3.09. The Hall–Kier alpha value is -3.60. The van der Waals surface area contributed by atoms with Gasteiger partial charge in [0.05, 0.1) is 5.69 Å². The van der Waals surface area contributed by atoms with Crippen LogP contribution in [-0.4, -0.2) is 15.0 Å². The van der Waals surface area contributed by atoms with Crippen LogP contribution in [0.5, 0.6) is 0 Å². The summed E-state index contributed by atoms with van der Waals surface area (Å²) in [5, 5.41) is 3.28. The summed E-state index contributed by atoms with van der Waals surface area (Å²) in [4.78, 5) is 13.5. The molecule has 2 aromatic heterocycles. The molecule has 0 atom stereocenters. The van der Waals surface area contributed by atoms with Gasteiger partial charge in [-0.1, -0.05) is 24.3 Å². The molecule has 0 saturated heterocycles. The third-order valence-electron chi connectivity index (χ3n) is 3.81. The molecule has 1 N–H and O–H groups in total. The molecule has 5 heteroatoms. The van der Waals surface area contributed by atoms with Gasteiger partial charge < -0.3 is 5.32 Å². The number of nitrogens with zero attached hydrogens (tertiary/aromatic N) is 3. The smallest absolute Gasteiger partial charge is 0.180 e. The van der Waals surface area contributed by atoms with E-state index < -0.39 is 0 Å². The fourth-order valence-electron chi connectivity index (χ4n) is 2.56. The normalized spacial score (nSPS) is 10.5. The molecular formula is C21H15FN4. The van der Waals surface area contributed by atoms with Crippen molar-refractivity contribution >= 4 is 11.5 Å². The topological polar surface area (TPSA) is 50.7 Å². The highest BCUT2D eigenvalue weighted by molar-refractivity contribution is 5.68. The molecule has 4 nitrogen and oxygen atoms in total. The van der Waals surface area contributed by atoms with Crippen LogP contribution in [0.15, 0.2) is 85.1 Å². The summed E-state index contributed by atoms with van der Waals surface area (Å²) < 4.78 is 13.3. The lowest BCUT2D eigenvalue weighted by Gasteiger charge is -2.10. The fraction of sp³-hybridized carbons (Fsp3) is 0. The van der Waals surface area contributed by atoms with Gasteiger partial charge in [0.1, 0.15) is 17.3 Å². The minimum Gasteiger partial charge on any atom is -0.340 e. The molecular weight excluding hydrogens is 327 g/mol. The minimum atomic E-state index is -0.282. The summed E-state index contributed by atoms with van der Waals surface area (Å²) in [6, 6.07) is 23.4. The van der Waals surface area contributed by atoms with Crippen LogP contribution >= 0.6 is 0 Å². The Morgan fingerprint density at radius 2 is 1.50 bits per heavy atom. The molecule has 0 radical (unpaired) electrons. The Bertz CT molecular complexity index is 1000. The molecule has 0 aliphatic rings. The van der Waals surface area contributed by atoms with E-state index in [1.54, 1.807) is 18.3 Å². The molecule has 0 fully saturated rings. The average molecular weight is 342 g/mol. The van der Waals surface area contributed by atoms with E-state index in [0.717, 1.165) is 11.3 Å². The molecule has 0 saturated carbocycles. The number of aromatic nitrogens is 3. The maximum Gasteiger partial charge on any atom is 0.180 e. The molecule has 0 aliphatic heterocycles. The molecule has 4 aromatic rings. The van der Waals surface area contributed by atoms with Gasteiger partial charge in [-0.15, -0.1) is 0 Å². The van der Waals surface area contributed by atoms with Crippen molar-refractivity contribution in [2.45, 2.75) is 0 Å². The number of benzene rings is 2. The van der Waals surface area contributed by atoms with E-state index in [9.17, 15) is 4.39 Å². The van der Waals surface area contributed by atoms with E-state index in [-0.39, 0.29) is 5.82 Å². The van der Waals surface area contributed by atoms with Crippen LogP contribution in [0.2, 0.25) is 0 Å². The third kappa shape index (κ3) is 3.57. The van der Waals surface area contributed by atoms with Gasteiger partial charge in [0.25, 0.3) is 0 Å². The maximum atomic E-state index is 13.3. The summed E-state index contributed by atoms with van der Waals surface area (Å²) in [6.45, 7) is 0. The van der Waals surface area contributed by atoms with E-state index >= 15 is 0 Å². The number of nitrogens with one attached hydrogen (secondary N) is 1. The second-order valence-corrected chi connectivity index (χ2v) is 5.67. The average Bonchev–Trinajstić information content (AvgIpc) is 2.70. The Labute approximate surface area is 150 Å². The molecule has 0 unspecified atom stereocenters. The lowest BCUT2D eigenvalue weighted by Crippen LogP contribution is -2.00. The van der Waals surface area contributed by atoms with Gasteiger partial charge in [0.15, 0.2) is 5.82 Å². The van der Waals surface area contributed by atoms with E-state index in [0.29, 0.717) is 23.0 Å². The number of para-hydroxylation sites is 1. The molecule has 0 amide bonds. The lowest BCUT2D eigenvalue weighted by atomic mass is 10.1. The van der Waals surface area contributed by atoms with Gasteiger partial charge in [-0.2, -0.15) is 0 Å². The van der Waals surface area contributed by atoms with Crippen LogP contribution in [0, 0.1) is 5.82 Å². The number of anilines is 2. The number of pyridine rings is 1. The van der Waals surface area contributed by atoms with Crippen LogP contribution in [0.25, 0.3) is 22.8 Å². The zero-order valence-electron chi connectivity index (χ0n) is 13.8. The summed E-state index contributed by atoms with van der Waals surface area (Å²) in [7, 11) is 0. The fourth-order valence-corrected chi connectivity index (χ4v) is 2.56. The van der Waals surface area contributed by atoms with E-state index in [4.69, 9.17) is 0 Å². The van der Waals surface area contributed by atoms with E-state index in [1.165, 1.54) is 12.1 Å². The third-order valence-corrected chi connectivity index (χ3v) is 3.81. The predicted molar refractivity (Wildman–Crippen MR) is 100 cm³/mol. The Morgan fingerprint density at radius 3 is 2.23 bits per heavy atom. The predicted octanol–water partition coefficient (Wildman–Crippen LogP) is 5.09. The second-order valence-electron chi connectivity index (χ2n) is 5.67. The minimum absolute atomic E-state index is 0.282. The van der Waals surface area contributed by atoms with Crippen molar-refractivity contribution in [3.63, 3.8) is 0 Å². The standard InChI is InChI=1S/C21H15FN4/c22-16-11-9-15(10-12-16)19-14-20(24-17-6-2-1-3-7-17)26-21(25-19)18-8-4-5-13-23-18/h1-14H,(H,24,25,26). The monoisotopic (exact) mass is 342 g/mol. The molecule has 0 aliphatic carbocycles. The SMILES string of the molecule is Fc1ccc(-c2cc(Nc3ccccc3)nc(-c3ccccn3)n2)cc1. The maximum absolute atomic E-state index is 13.3. The quantitative estimate of drug-likeness (QED) is 0.561. The highest BCUT2D eigenvalue weighted by Crippen LogP contribution is 2.25. The van der Waals surface area contributed by atoms with Crippen molar-refractivity contribution in [2.75, 3.05) is 5.32 Å². The second kappa shape index (κ2) is 7.11. The van der Waals surface area contributed by atoms with Crippen LogP contribution in [0.3, 0.4) is 0 Å². The lowest BCUT2D eigenvalue weighted by molar-refractivity contribution is 0.628. The van der Waals surface area contributed by atoms with Gasteiger partial charge in [-0.3, -0.25) is 4.98 Å². The molecule has 2 aromatic carbocycles. The zero-order chi connectivity index (χ0) is 17.8. The summed E-state index contributed by atoms with van der Waals surface area (Å²) in [5.74, 6) is 0.868. The summed E-state index contributed by atoms with van der Waals surface area (Å²) in [6.07, 6.45) is 1.70. The molecule has 0 bridgehead atoms. The van der Waals surface area contributed by atoms with Gasteiger partial charge in [0.2, 0.25) is 0 Å². The molecule has 26 heavy (non-hydrogen) atoms. The van der Waals surface area contributed by atoms with Crippen molar-refractivity contribution in [2.24, 2.45) is 0 Å². The molecule has 0 spiro atoms. The largest absolute Gasteiger partial charge is 0.340 e. The van der Waals surface area contributed by atoms with Crippen molar-refractivity contribution in [3.05, 3.63) is 90.9 Å². The Morgan fingerprint density at radius 1 is 0.731 bits per heavy atom. The van der Waals surface area contributed by atoms with Gasteiger partial charge in [0, 0.05) is 23.5 Å². The van der Waals surface area contributed by atoms with Crippen LogP contribution in [-0.2, 0) is 0 Å². The first-order chi connectivity index (χ1) is 12.8. The van der Waals surface area contributed by atoms with Gasteiger partial charge in [-0.05, 0) is 48.5 Å². The zero-order valence-corrected chi connectivity index (χ0v) is 13.8. The molecule has 2 heterocycles. The first-order valence-corrected chi connectivity index (χ1v) is 8.16. The van der Waals surface area contributed by atoms with Crippen molar-refractivity contribution in [1.82, 2.24) is 15.0 Å². The summed E-state index contributed by atoms with van der Waals surface area (Å²) >= 11 is 0. The molecule has 4 rings (SSSR count). The van der Waals surface area contributed by atoms with Crippen LogP contribution in [0.1, 0.15) is 0 Å². The van der Waals surface area contributed by atoms with E-state index in [1.807, 2.05) is 54.6 Å². The van der Waals surface area contributed by atoms with Gasteiger partial charge in [-0.25, -0.2) is 14.4 Å². The van der Waals surface area contributed by atoms with Crippen molar-refractivity contribution in [3.8, 4) is 22.8 Å².